The Hall–Kier alpha value is -1.62. The van der Waals surface area contributed by atoms with Crippen LogP contribution in [-0.2, 0) is 4.79 Å². The molecule has 0 saturated carbocycles. The van der Waals surface area contributed by atoms with Gasteiger partial charge in [0.2, 0.25) is 5.91 Å². The molecule has 4 nitrogen and oxygen atoms in total. The fourth-order valence-electron chi connectivity index (χ4n) is 1.27. The van der Waals surface area contributed by atoms with E-state index in [1.807, 2.05) is 0 Å². The van der Waals surface area contributed by atoms with E-state index in [0.717, 1.165) is 5.69 Å². The first kappa shape index (κ1) is 10.9. The average molecular weight is 234 g/mol. The van der Waals surface area contributed by atoms with Crippen LogP contribution in [-0.4, -0.2) is 22.6 Å². The number of nitrogens with zero attached hydrogens (tertiary/aromatic N) is 1. The van der Waals surface area contributed by atoms with Gasteiger partial charge in [0.1, 0.15) is 0 Å². The van der Waals surface area contributed by atoms with Crippen LogP contribution < -0.4 is 5.32 Å². The first-order valence-electron chi connectivity index (χ1n) is 4.77. The summed E-state index contributed by atoms with van der Waals surface area (Å²) in [6.45, 7) is 1.52. The normalized spacial score (nSPS) is 17.6. The van der Waals surface area contributed by atoms with Gasteiger partial charge in [-0.1, -0.05) is 11.8 Å². The maximum Gasteiger partial charge on any atom is 0.236 e. The van der Waals surface area contributed by atoms with Gasteiger partial charge in [-0.05, 0) is 31.2 Å². The summed E-state index contributed by atoms with van der Waals surface area (Å²) in [5.74, 6) is 0.427. The van der Waals surface area contributed by atoms with Gasteiger partial charge >= 0.3 is 0 Å². The Morgan fingerprint density at radius 3 is 2.56 bits per heavy atom. The number of amidine groups is 1. The van der Waals surface area contributed by atoms with E-state index in [1.165, 1.54) is 18.7 Å². The molecule has 0 aromatic heterocycles. The van der Waals surface area contributed by atoms with Crippen molar-refractivity contribution in [2.45, 2.75) is 6.92 Å². The number of Topliss-reactive ketones (excluding diaryl/α,β-unsaturated/α-hetero) is 1. The molecular formula is C11H10N2O2S. The molecule has 0 aliphatic carbocycles. The number of rotatable bonds is 2. The van der Waals surface area contributed by atoms with Gasteiger partial charge in [0.25, 0.3) is 0 Å². The van der Waals surface area contributed by atoms with Gasteiger partial charge in [-0.2, -0.15) is 0 Å². The standard InChI is InChI=1S/C11H10N2O2S/c1-7(14)8-2-4-9(5-3-8)12-11-13-10(15)6-16-11/h2-5H,6H2,1H3,(H,12,13,15). The Labute approximate surface area is 97.1 Å². The van der Waals surface area contributed by atoms with Crippen LogP contribution in [0.2, 0.25) is 0 Å². The fraction of sp³-hybridized carbons (Fsp3) is 0.182. The third-order valence-electron chi connectivity index (χ3n) is 2.09. The molecule has 0 atom stereocenters. The summed E-state index contributed by atoms with van der Waals surface area (Å²) >= 11 is 1.38. The summed E-state index contributed by atoms with van der Waals surface area (Å²) < 4.78 is 0. The van der Waals surface area contributed by atoms with Gasteiger partial charge in [0.15, 0.2) is 11.0 Å². The molecule has 0 spiro atoms. The summed E-state index contributed by atoms with van der Waals surface area (Å²) in [6, 6.07) is 6.97. The number of nitrogens with one attached hydrogen (secondary N) is 1. The lowest BCUT2D eigenvalue weighted by molar-refractivity contribution is -0.116. The zero-order valence-corrected chi connectivity index (χ0v) is 9.50. The lowest BCUT2D eigenvalue weighted by Crippen LogP contribution is -2.19. The number of thioether (sulfide) groups is 1. The summed E-state index contributed by atoms with van der Waals surface area (Å²) in [4.78, 5) is 26.2. The van der Waals surface area contributed by atoms with Crippen LogP contribution in [0.15, 0.2) is 29.3 Å². The van der Waals surface area contributed by atoms with E-state index in [4.69, 9.17) is 0 Å². The largest absolute Gasteiger partial charge is 0.304 e. The first-order valence-corrected chi connectivity index (χ1v) is 5.76. The van der Waals surface area contributed by atoms with E-state index in [9.17, 15) is 9.59 Å². The molecule has 5 heteroatoms. The molecular weight excluding hydrogens is 224 g/mol. The van der Waals surface area contributed by atoms with Crippen molar-refractivity contribution >= 4 is 34.3 Å². The van der Waals surface area contributed by atoms with Crippen molar-refractivity contribution in [3.63, 3.8) is 0 Å². The molecule has 82 valence electrons. The summed E-state index contributed by atoms with van der Waals surface area (Å²) in [5, 5.41) is 3.26. The van der Waals surface area contributed by atoms with Crippen molar-refractivity contribution < 1.29 is 9.59 Å². The van der Waals surface area contributed by atoms with E-state index in [1.54, 1.807) is 24.3 Å². The molecule has 1 heterocycles. The van der Waals surface area contributed by atoms with Gasteiger partial charge in [0.05, 0.1) is 11.4 Å². The molecule has 1 aromatic carbocycles. The van der Waals surface area contributed by atoms with Crippen molar-refractivity contribution in [1.82, 2.24) is 5.32 Å². The molecule has 0 bridgehead atoms. The number of amides is 1. The Balaban J connectivity index is 2.16. The second-order valence-corrected chi connectivity index (χ2v) is 4.32. The molecule has 0 radical (unpaired) electrons. The minimum atomic E-state index is -0.0240. The van der Waals surface area contributed by atoms with Crippen LogP contribution in [0, 0.1) is 0 Å². The maximum absolute atomic E-state index is 11.0. The third-order valence-corrected chi connectivity index (χ3v) is 2.96. The minimum absolute atomic E-state index is 0.0240. The van der Waals surface area contributed by atoms with E-state index >= 15 is 0 Å². The zero-order chi connectivity index (χ0) is 11.5. The molecule has 1 N–H and O–H groups in total. The molecule has 2 rings (SSSR count). The highest BCUT2D eigenvalue weighted by atomic mass is 32.2. The van der Waals surface area contributed by atoms with Crippen LogP contribution in [0.5, 0.6) is 0 Å². The van der Waals surface area contributed by atoms with E-state index in [0.29, 0.717) is 16.5 Å². The molecule has 1 aromatic rings. The number of hydrogen-bond donors (Lipinski definition) is 1. The van der Waals surface area contributed by atoms with Crippen LogP contribution in [0.4, 0.5) is 5.69 Å². The molecule has 1 amide bonds. The van der Waals surface area contributed by atoms with Crippen LogP contribution in [0.1, 0.15) is 17.3 Å². The highest BCUT2D eigenvalue weighted by Gasteiger charge is 2.16. The highest BCUT2D eigenvalue weighted by Crippen LogP contribution is 2.18. The van der Waals surface area contributed by atoms with Gasteiger partial charge in [0, 0.05) is 5.56 Å². The van der Waals surface area contributed by atoms with Crippen molar-refractivity contribution in [3.05, 3.63) is 29.8 Å². The van der Waals surface area contributed by atoms with Crippen LogP contribution in [0.25, 0.3) is 0 Å². The van der Waals surface area contributed by atoms with Crippen molar-refractivity contribution in [2.75, 3.05) is 5.75 Å². The van der Waals surface area contributed by atoms with Crippen molar-refractivity contribution in [1.29, 1.82) is 0 Å². The second kappa shape index (κ2) is 4.49. The molecule has 1 aliphatic rings. The van der Waals surface area contributed by atoms with E-state index in [-0.39, 0.29) is 11.7 Å². The monoisotopic (exact) mass is 234 g/mol. The Kier molecular flexibility index (Phi) is 3.05. The maximum atomic E-state index is 11.0. The quantitative estimate of drug-likeness (QED) is 0.793. The van der Waals surface area contributed by atoms with Gasteiger partial charge in [-0.15, -0.1) is 0 Å². The average Bonchev–Trinajstić information content (AvgIpc) is 2.65. The highest BCUT2D eigenvalue weighted by molar-refractivity contribution is 8.15. The molecule has 1 fully saturated rings. The van der Waals surface area contributed by atoms with Crippen LogP contribution >= 0.6 is 11.8 Å². The minimum Gasteiger partial charge on any atom is -0.304 e. The lowest BCUT2D eigenvalue weighted by atomic mass is 10.1. The molecule has 1 saturated heterocycles. The Morgan fingerprint density at radius 2 is 2.06 bits per heavy atom. The summed E-state index contributed by atoms with van der Waals surface area (Å²) in [6.07, 6.45) is 0. The predicted octanol–water partition coefficient (Wildman–Crippen LogP) is 1.74. The molecule has 1 aliphatic heterocycles. The van der Waals surface area contributed by atoms with Gasteiger partial charge < -0.3 is 5.32 Å². The number of aliphatic imine (C=N–C) groups is 1. The molecule has 0 unspecified atom stereocenters. The van der Waals surface area contributed by atoms with Gasteiger partial charge in [-0.25, -0.2) is 4.99 Å². The lowest BCUT2D eigenvalue weighted by Gasteiger charge is -1.98. The second-order valence-electron chi connectivity index (χ2n) is 3.36. The smallest absolute Gasteiger partial charge is 0.236 e. The fourth-order valence-corrected chi connectivity index (χ4v) is 1.97. The zero-order valence-electron chi connectivity index (χ0n) is 8.69. The predicted molar refractivity (Wildman–Crippen MR) is 64.1 cm³/mol. The third kappa shape index (κ3) is 2.49. The number of hydrogen-bond acceptors (Lipinski definition) is 4. The SMILES string of the molecule is CC(=O)c1ccc(N=C2NC(=O)CS2)cc1. The number of benzene rings is 1. The Morgan fingerprint density at radius 1 is 1.38 bits per heavy atom. The molecule has 16 heavy (non-hydrogen) atoms. The van der Waals surface area contributed by atoms with Crippen LogP contribution in [0.3, 0.4) is 0 Å². The number of carbonyl (C=O) groups is 2. The Bertz CT molecular complexity index is 465. The summed E-state index contributed by atoms with van der Waals surface area (Å²) in [7, 11) is 0. The van der Waals surface area contributed by atoms with Gasteiger partial charge in [-0.3, -0.25) is 9.59 Å². The van der Waals surface area contributed by atoms with E-state index < -0.39 is 0 Å². The van der Waals surface area contributed by atoms with Crippen molar-refractivity contribution in [3.8, 4) is 0 Å². The summed E-state index contributed by atoms with van der Waals surface area (Å²) in [5.41, 5.74) is 1.39. The van der Waals surface area contributed by atoms with Crippen molar-refractivity contribution in [2.24, 2.45) is 4.99 Å². The topological polar surface area (TPSA) is 58.5 Å². The number of carbonyl (C=O) groups excluding carboxylic acids is 2. The van der Waals surface area contributed by atoms with E-state index in [2.05, 4.69) is 10.3 Å². The number of ketones is 1. The first-order chi connectivity index (χ1) is 7.65.